The Morgan fingerprint density at radius 3 is 2.63 bits per heavy atom. The molecule has 0 saturated carbocycles. The van der Waals surface area contributed by atoms with Crippen LogP contribution in [0.3, 0.4) is 0 Å². The van der Waals surface area contributed by atoms with E-state index < -0.39 is 11.7 Å². The Labute approximate surface area is 239 Å². The zero-order valence-corrected chi connectivity index (χ0v) is 23.0. The van der Waals surface area contributed by atoms with Crippen molar-refractivity contribution in [2.24, 2.45) is 0 Å². The van der Waals surface area contributed by atoms with Crippen LogP contribution in [0.5, 0.6) is 0 Å². The Morgan fingerprint density at radius 2 is 1.88 bits per heavy atom. The van der Waals surface area contributed by atoms with Gasteiger partial charge >= 0.3 is 0 Å². The van der Waals surface area contributed by atoms with Crippen molar-refractivity contribution < 1.29 is 24.2 Å². The molecule has 0 aromatic heterocycles. The van der Waals surface area contributed by atoms with Crippen molar-refractivity contribution in [2.45, 2.75) is 37.2 Å². The van der Waals surface area contributed by atoms with Gasteiger partial charge in [-0.15, -0.1) is 0 Å². The van der Waals surface area contributed by atoms with Gasteiger partial charge in [-0.25, -0.2) is 0 Å². The maximum absolute atomic E-state index is 13.7. The monoisotopic (exact) mass is 554 g/mol. The Kier molecular flexibility index (Phi) is 6.54. The van der Waals surface area contributed by atoms with Gasteiger partial charge in [-0.2, -0.15) is 0 Å². The van der Waals surface area contributed by atoms with Crippen molar-refractivity contribution >= 4 is 28.9 Å². The lowest BCUT2D eigenvalue weighted by atomic mass is 9.73. The van der Waals surface area contributed by atoms with Gasteiger partial charge in [0.2, 0.25) is 11.8 Å². The molecule has 2 fully saturated rings. The first-order chi connectivity index (χ1) is 19.9. The summed E-state index contributed by atoms with van der Waals surface area (Å²) in [4.78, 5) is 30.9. The van der Waals surface area contributed by atoms with E-state index in [9.17, 15) is 14.7 Å². The predicted octanol–water partition coefficient (Wildman–Crippen LogP) is 3.36. The summed E-state index contributed by atoms with van der Waals surface area (Å²) >= 11 is 0. The second-order valence-corrected chi connectivity index (χ2v) is 11.4. The van der Waals surface area contributed by atoms with Crippen LogP contribution in [-0.2, 0) is 30.9 Å². The molecule has 3 aromatic carbocycles. The highest BCUT2D eigenvalue weighted by atomic mass is 16.7. The first kappa shape index (κ1) is 26.2. The van der Waals surface area contributed by atoms with Gasteiger partial charge in [0.1, 0.15) is 6.10 Å². The van der Waals surface area contributed by atoms with Crippen molar-refractivity contribution in [3.63, 3.8) is 0 Å². The molecular weight excluding hydrogens is 520 g/mol. The molecule has 7 rings (SSSR count). The second-order valence-electron chi connectivity index (χ2n) is 11.4. The summed E-state index contributed by atoms with van der Waals surface area (Å²) < 4.78 is 10.7. The van der Waals surface area contributed by atoms with Crippen LogP contribution in [0, 0.1) is 0 Å². The largest absolute Gasteiger partial charge is 0.379 e. The van der Waals surface area contributed by atoms with Gasteiger partial charge in [0.05, 0.1) is 31.2 Å². The molecule has 0 bridgehead atoms. The molecule has 41 heavy (non-hydrogen) atoms. The molecule has 0 radical (unpaired) electrons. The normalized spacial score (nSPS) is 25.8. The molecule has 4 unspecified atom stereocenters. The Hall–Kier alpha value is -3.76. The van der Waals surface area contributed by atoms with Gasteiger partial charge in [0.25, 0.3) is 0 Å². The highest BCUT2D eigenvalue weighted by Crippen LogP contribution is 2.49. The van der Waals surface area contributed by atoms with Gasteiger partial charge in [0.15, 0.2) is 6.29 Å². The lowest BCUT2D eigenvalue weighted by molar-refractivity contribution is -0.121. The third kappa shape index (κ3) is 4.68. The zero-order valence-electron chi connectivity index (χ0n) is 23.0. The number of benzene rings is 3. The quantitative estimate of drug-likeness (QED) is 0.385. The number of amides is 2. The maximum Gasteiger partial charge on any atom is 0.241 e. The van der Waals surface area contributed by atoms with Crippen molar-refractivity contribution in [1.29, 1.82) is 0 Å². The van der Waals surface area contributed by atoms with Gasteiger partial charge < -0.3 is 30.1 Å². The van der Waals surface area contributed by atoms with E-state index in [0.717, 1.165) is 58.8 Å². The number of aliphatic hydroxyl groups is 1. The fraction of sp³-hybridized carbons (Fsp3) is 0.375. The van der Waals surface area contributed by atoms with E-state index in [1.807, 2.05) is 72.5 Å². The second kappa shape index (κ2) is 10.3. The van der Waals surface area contributed by atoms with E-state index in [1.165, 1.54) is 0 Å². The van der Waals surface area contributed by atoms with Crippen LogP contribution in [0.1, 0.15) is 41.3 Å². The third-order valence-corrected chi connectivity index (χ3v) is 8.88. The molecule has 4 heterocycles. The maximum atomic E-state index is 13.7. The van der Waals surface area contributed by atoms with Crippen LogP contribution < -0.4 is 15.5 Å². The molecule has 0 spiro atoms. The highest BCUT2D eigenvalue weighted by Gasteiger charge is 2.50. The Morgan fingerprint density at radius 1 is 1.10 bits per heavy atom. The van der Waals surface area contributed by atoms with E-state index in [2.05, 4.69) is 21.6 Å². The SMILES string of the molecule is CC1(C(Nc2ccc3c(c2)CCN3C(=O)CN2CCOCC2)c2ccccc2)C(=O)Nc2cc(C3OC3O)ccc21. The van der Waals surface area contributed by atoms with Crippen LogP contribution in [0.2, 0.25) is 0 Å². The van der Waals surface area contributed by atoms with Crippen LogP contribution in [0.25, 0.3) is 0 Å². The summed E-state index contributed by atoms with van der Waals surface area (Å²) in [5.74, 6) is 0.0214. The number of ether oxygens (including phenoxy) is 2. The first-order valence-corrected chi connectivity index (χ1v) is 14.3. The third-order valence-electron chi connectivity index (χ3n) is 8.88. The number of nitrogens with one attached hydrogen (secondary N) is 2. The van der Waals surface area contributed by atoms with Gasteiger partial charge in [0, 0.05) is 36.7 Å². The van der Waals surface area contributed by atoms with Gasteiger partial charge in [-0.05, 0) is 59.9 Å². The number of aliphatic hydroxyl groups excluding tert-OH is 1. The number of nitrogens with zero attached hydrogens (tertiary/aromatic N) is 2. The lowest BCUT2D eigenvalue weighted by Crippen LogP contribution is -2.44. The number of rotatable bonds is 7. The Balaban J connectivity index is 1.17. The van der Waals surface area contributed by atoms with Crippen LogP contribution in [-0.4, -0.2) is 67.5 Å². The molecule has 3 aromatic rings. The minimum absolute atomic E-state index is 0.0932. The molecule has 4 atom stereocenters. The van der Waals surface area contributed by atoms with E-state index >= 15 is 0 Å². The molecule has 2 amide bonds. The van der Waals surface area contributed by atoms with E-state index in [1.54, 1.807) is 0 Å². The summed E-state index contributed by atoms with van der Waals surface area (Å²) in [5, 5.41) is 16.5. The van der Waals surface area contributed by atoms with E-state index in [0.29, 0.717) is 26.3 Å². The molecule has 2 saturated heterocycles. The number of anilines is 3. The first-order valence-electron chi connectivity index (χ1n) is 14.3. The van der Waals surface area contributed by atoms with Crippen molar-refractivity contribution in [2.75, 3.05) is 54.9 Å². The number of fused-ring (bicyclic) bond motifs is 2. The smallest absolute Gasteiger partial charge is 0.241 e. The minimum atomic E-state index is -0.905. The van der Waals surface area contributed by atoms with Crippen molar-refractivity contribution in [3.8, 4) is 0 Å². The van der Waals surface area contributed by atoms with Gasteiger partial charge in [-0.1, -0.05) is 42.5 Å². The molecule has 0 aliphatic carbocycles. The highest BCUT2D eigenvalue weighted by molar-refractivity contribution is 6.07. The summed E-state index contributed by atoms with van der Waals surface area (Å²) in [7, 11) is 0. The molecule has 4 aliphatic heterocycles. The number of hydrogen-bond donors (Lipinski definition) is 3. The topological polar surface area (TPSA) is 107 Å². The van der Waals surface area contributed by atoms with E-state index in [-0.39, 0.29) is 24.0 Å². The fourth-order valence-corrected chi connectivity index (χ4v) is 6.46. The van der Waals surface area contributed by atoms with Gasteiger partial charge in [-0.3, -0.25) is 14.5 Å². The van der Waals surface area contributed by atoms with Crippen LogP contribution >= 0.6 is 0 Å². The van der Waals surface area contributed by atoms with Crippen molar-refractivity contribution in [3.05, 3.63) is 89.0 Å². The fourth-order valence-electron chi connectivity index (χ4n) is 6.46. The molecule has 9 nitrogen and oxygen atoms in total. The lowest BCUT2D eigenvalue weighted by Gasteiger charge is -2.34. The number of morpholine rings is 1. The number of carbonyl (C=O) groups excluding carboxylic acids is 2. The molecule has 9 heteroatoms. The molecule has 3 N–H and O–H groups in total. The summed E-state index contributed by atoms with van der Waals surface area (Å²) in [6.07, 6.45) is -0.353. The summed E-state index contributed by atoms with van der Waals surface area (Å²) in [6, 6.07) is 21.6. The van der Waals surface area contributed by atoms with Crippen molar-refractivity contribution in [1.82, 2.24) is 4.90 Å². The summed E-state index contributed by atoms with van der Waals surface area (Å²) in [6.45, 7) is 5.94. The number of epoxide rings is 1. The van der Waals surface area contributed by atoms with Crippen LogP contribution in [0.4, 0.5) is 17.1 Å². The average molecular weight is 555 g/mol. The van der Waals surface area contributed by atoms with E-state index in [4.69, 9.17) is 9.47 Å². The standard InChI is InChI=1S/C32H34N4O5/c1-32(24-9-7-22(28-30(38)41-28)18-25(24)34-31(32)39)29(20-5-3-2-4-6-20)33-23-8-10-26-21(17-23)11-12-36(26)27(37)19-35-13-15-40-16-14-35/h2-10,17-18,28-30,33,38H,11-16,19H2,1H3,(H,34,39). The average Bonchev–Trinajstić information content (AvgIpc) is 3.47. The molecular formula is C32H34N4O5. The number of hydrogen-bond acceptors (Lipinski definition) is 7. The Bertz CT molecular complexity index is 1490. The zero-order chi connectivity index (χ0) is 28.1. The molecule has 212 valence electrons. The molecule has 4 aliphatic rings. The van der Waals surface area contributed by atoms with Crippen LogP contribution in [0.15, 0.2) is 66.7 Å². The predicted molar refractivity (Wildman–Crippen MR) is 155 cm³/mol. The minimum Gasteiger partial charge on any atom is -0.379 e. The summed E-state index contributed by atoms with van der Waals surface area (Å²) in [5.41, 5.74) is 5.53. The number of carbonyl (C=O) groups is 2.